The Bertz CT molecular complexity index is 904. The highest BCUT2D eigenvalue weighted by Crippen LogP contribution is 2.19. The monoisotopic (exact) mass is 382 g/mol. The van der Waals surface area contributed by atoms with Crippen molar-refractivity contribution in [2.75, 3.05) is 15.2 Å². The smallest absolute Gasteiger partial charge is 0.261 e. The number of aryl methyl sites for hydroxylation is 1. The molecular weight excluding hydrogens is 360 g/mol. The van der Waals surface area contributed by atoms with E-state index in [4.69, 9.17) is 0 Å². The number of unbranched alkanes of at least 4 members (excludes halogenated alkanes) is 1. The van der Waals surface area contributed by atoms with Gasteiger partial charge in [0.1, 0.15) is 0 Å². The summed E-state index contributed by atoms with van der Waals surface area (Å²) in [5, 5.41) is 0. The molecule has 0 aliphatic carbocycles. The molecule has 0 saturated carbocycles. The zero-order valence-electron chi connectivity index (χ0n) is 14.2. The molecule has 0 radical (unpaired) electrons. The van der Waals surface area contributed by atoms with E-state index < -0.39 is 20.0 Å². The third kappa shape index (κ3) is 5.75. The Morgan fingerprint density at radius 1 is 0.800 bits per heavy atom. The molecule has 6 nitrogen and oxygen atoms in total. The maximum Gasteiger partial charge on any atom is 0.261 e. The molecule has 8 heteroatoms. The van der Waals surface area contributed by atoms with Crippen LogP contribution in [0.2, 0.25) is 0 Å². The van der Waals surface area contributed by atoms with Crippen LogP contribution in [0.1, 0.15) is 25.3 Å². The maximum absolute atomic E-state index is 12.3. The number of anilines is 2. The summed E-state index contributed by atoms with van der Waals surface area (Å²) < 4.78 is 53.3. The summed E-state index contributed by atoms with van der Waals surface area (Å²) in [4.78, 5) is 0.169. The van der Waals surface area contributed by atoms with E-state index in [1.54, 1.807) is 12.1 Å². The molecule has 2 aromatic rings. The predicted octanol–water partition coefficient (Wildman–Crippen LogP) is 3.34. The van der Waals surface area contributed by atoms with Crippen LogP contribution in [0.4, 0.5) is 11.4 Å². The van der Waals surface area contributed by atoms with Crippen LogP contribution in [0.5, 0.6) is 0 Å². The number of hydrogen-bond acceptors (Lipinski definition) is 4. The lowest BCUT2D eigenvalue weighted by atomic mass is 10.2. The van der Waals surface area contributed by atoms with Crippen molar-refractivity contribution in [3.8, 4) is 0 Å². The van der Waals surface area contributed by atoms with Crippen LogP contribution in [0, 0.1) is 6.92 Å². The number of benzene rings is 2. The number of nitrogens with one attached hydrogen (secondary N) is 2. The van der Waals surface area contributed by atoms with E-state index in [1.165, 1.54) is 36.4 Å². The van der Waals surface area contributed by atoms with Crippen molar-refractivity contribution in [1.29, 1.82) is 0 Å². The first kappa shape index (κ1) is 19.3. The Balaban J connectivity index is 2.08. The molecule has 0 spiro atoms. The van der Waals surface area contributed by atoms with Crippen LogP contribution in [0.15, 0.2) is 53.4 Å². The van der Waals surface area contributed by atoms with Gasteiger partial charge in [-0.15, -0.1) is 0 Å². The topological polar surface area (TPSA) is 92.3 Å². The standard InChI is InChI=1S/C17H22N2O4S2/c1-3-4-13-24(20,21)18-15-7-9-16(10-8-15)19-25(22,23)17-11-5-14(2)6-12-17/h5-12,18-19H,3-4,13H2,1-2H3. The molecule has 0 unspecified atom stereocenters. The molecule has 0 fully saturated rings. The predicted molar refractivity (Wildman–Crippen MR) is 101 cm³/mol. The van der Waals surface area contributed by atoms with Crippen molar-refractivity contribution in [2.24, 2.45) is 0 Å². The van der Waals surface area contributed by atoms with E-state index in [9.17, 15) is 16.8 Å². The van der Waals surface area contributed by atoms with Gasteiger partial charge in [0.05, 0.1) is 10.6 Å². The molecular formula is C17H22N2O4S2. The fourth-order valence-electron chi connectivity index (χ4n) is 2.10. The van der Waals surface area contributed by atoms with E-state index >= 15 is 0 Å². The summed E-state index contributed by atoms with van der Waals surface area (Å²) in [7, 11) is -7.06. The molecule has 0 saturated heterocycles. The van der Waals surface area contributed by atoms with Gasteiger partial charge in [0, 0.05) is 11.4 Å². The third-order valence-electron chi connectivity index (χ3n) is 3.51. The number of hydrogen-bond donors (Lipinski definition) is 2. The SMILES string of the molecule is CCCCS(=O)(=O)Nc1ccc(NS(=O)(=O)c2ccc(C)cc2)cc1. The minimum atomic E-state index is -3.68. The first-order valence-electron chi connectivity index (χ1n) is 7.92. The van der Waals surface area contributed by atoms with Crippen molar-refractivity contribution in [3.63, 3.8) is 0 Å². The fraction of sp³-hybridized carbons (Fsp3) is 0.294. The summed E-state index contributed by atoms with van der Waals surface area (Å²) in [5.74, 6) is 0.0608. The van der Waals surface area contributed by atoms with Crippen LogP contribution < -0.4 is 9.44 Å². The van der Waals surface area contributed by atoms with Gasteiger partial charge in [-0.3, -0.25) is 9.44 Å². The molecule has 2 rings (SSSR count). The third-order valence-corrected chi connectivity index (χ3v) is 6.28. The Morgan fingerprint density at radius 2 is 1.32 bits per heavy atom. The van der Waals surface area contributed by atoms with E-state index in [-0.39, 0.29) is 10.6 Å². The Kier molecular flexibility index (Phi) is 6.07. The Hall–Kier alpha value is -2.06. The first-order chi connectivity index (χ1) is 11.7. The van der Waals surface area contributed by atoms with E-state index in [0.29, 0.717) is 17.8 Å². The van der Waals surface area contributed by atoms with Gasteiger partial charge >= 0.3 is 0 Å². The van der Waals surface area contributed by atoms with Crippen LogP contribution in [0.25, 0.3) is 0 Å². The quantitative estimate of drug-likeness (QED) is 0.732. The number of sulfonamides is 2. The molecule has 2 N–H and O–H groups in total. The largest absolute Gasteiger partial charge is 0.284 e. The second kappa shape index (κ2) is 7.88. The van der Waals surface area contributed by atoms with Crippen LogP contribution in [0.3, 0.4) is 0 Å². The molecule has 2 aromatic carbocycles. The second-order valence-electron chi connectivity index (χ2n) is 5.77. The lowest BCUT2D eigenvalue weighted by Gasteiger charge is -2.10. The zero-order chi connectivity index (χ0) is 18.5. The van der Waals surface area contributed by atoms with Crippen molar-refractivity contribution in [2.45, 2.75) is 31.6 Å². The van der Waals surface area contributed by atoms with Crippen molar-refractivity contribution >= 4 is 31.4 Å². The van der Waals surface area contributed by atoms with Crippen LogP contribution in [-0.2, 0) is 20.0 Å². The van der Waals surface area contributed by atoms with E-state index in [1.807, 2.05) is 13.8 Å². The molecule has 0 aliphatic heterocycles. The summed E-state index contributed by atoms with van der Waals surface area (Å²) in [6.45, 7) is 3.80. The van der Waals surface area contributed by atoms with Crippen molar-refractivity contribution in [1.82, 2.24) is 0 Å². The van der Waals surface area contributed by atoms with Crippen LogP contribution >= 0.6 is 0 Å². The highest BCUT2D eigenvalue weighted by atomic mass is 32.2. The lowest BCUT2D eigenvalue weighted by molar-refractivity contribution is 0.597. The number of rotatable bonds is 8. The van der Waals surface area contributed by atoms with Gasteiger partial charge in [0.2, 0.25) is 10.0 Å². The van der Waals surface area contributed by atoms with E-state index in [2.05, 4.69) is 9.44 Å². The van der Waals surface area contributed by atoms with Gasteiger partial charge < -0.3 is 0 Å². The molecule has 0 amide bonds. The average molecular weight is 383 g/mol. The lowest BCUT2D eigenvalue weighted by Crippen LogP contribution is -2.16. The fourth-order valence-corrected chi connectivity index (χ4v) is 4.43. The maximum atomic E-state index is 12.3. The summed E-state index contributed by atoms with van der Waals surface area (Å²) in [5.41, 5.74) is 1.73. The zero-order valence-corrected chi connectivity index (χ0v) is 15.8. The van der Waals surface area contributed by atoms with Crippen molar-refractivity contribution < 1.29 is 16.8 Å². The molecule has 0 aliphatic rings. The van der Waals surface area contributed by atoms with Gasteiger partial charge in [-0.1, -0.05) is 31.0 Å². The van der Waals surface area contributed by atoms with Crippen molar-refractivity contribution in [3.05, 3.63) is 54.1 Å². The summed E-state index contributed by atoms with van der Waals surface area (Å²) >= 11 is 0. The minimum absolute atomic E-state index is 0.0608. The van der Waals surface area contributed by atoms with Gasteiger partial charge in [0.25, 0.3) is 10.0 Å². The molecule has 25 heavy (non-hydrogen) atoms. The molecule has 0 heterocycles. The molecule has 136 valence electrons. The molecule has 0 aromatic heterocycles. The van der Waals surface area contributed by atoms with E-state index in [0.717, 1.165) is 12.0 Å². The summed E-state index contributed by atoms with van der Waals surface area (Å²) in [6.07, 6.45) is 1.38. The first-order valence-corrected chi connectivity index (χ1v) is 11.1. The Morgan fingerprint density at radius 3 is 1.84 bits per heavy atom. The normalized spacial score (nSPS) is 11.9. The highest BCUT2D eigenvalue weighted by molar-refractivity contribution is 7.93. The summed E-state index contributed by atoms with van der Waals surface area (Å²) in [6, 6.07) is 12.6. The van der Waals surface area contributed by atoms with Gasteiger partial charge in [-0.2, -0.15) is 0 Å². The van der Waals surface area contributed by atoms with Gasteiger partial charge in [0.15, 0.2) is 0 Å². The van der Waals surface area contributed by atoms with Crippen LogP contribution in [-0.4, -0.2) is 22.6 Å². The Labute approximate surface area is 149 Å². The minimum Gasteiger partial charge on any atom is -0.284 e. The average Bonchev–Trinajstić information content (AvgIpc) is 2.55. The highest BCUT2D eigenvalue weighted by Gasteiger charge is 2.14. The second-order valence-corrected chi connectivity index (χ2v) is 9.29. The molecule has 0 bridgehead atoms. The van der Waals surface area contributed by atoms with Gasteiger partial charge in [-0.05, 0) is 49.7 Å². The molecule has 0 atom stereocenters. The van der Waals surface area contributed by atoms with Gasteiger partial charge in [-0.25, -0.2) is 16.8 Å².